The Kier molecular flexibility index (Phi) is 6.44. The van der Waals surface area contributed by atoms with Gasteiger partial charge in [0.25, 0.3) is 0 Å². The fourth-order valence-corrected chi connectivity index (χ4v) is 4.97. The Balaban J connectivity index is 1.60. The molecule has 0 atom stereocenters. The van der Waals surface area contributed by atoms with Crippen molar-refractivity contribution in [3.8, 4) is 22.6 Å². The van der Waals surface area contributed by atoms with Crippen molar-refractivity contribution in [2.24, 2.45) is 0 Å². The smallest absolute Gasteiger partial charge is 0.342 e. The monoisotopic (exact) mass is 500 g/mol. The standard InChI is InChI=1S/C27H21ClN4O2S/c1-2-32-25(18-12-14-19(28)15-13-18)30-31-27(32)35-23(26(33)34)16-21-20-10-6-7-11-22(20)29-24(21)17-8-4-3-5-9-17/h3-16,29H,2H2,1H3,(H,33,34)/b23-16-. The number of aromatic nitrogens is 4. The van der Waals surface area contributed by atoms with E-state index < -0.39 is 5.97 Å². The normalized spacial score (nSPS) is 11.8. The minimum atomic E-state index is -1.03. The highest BCUT2D eigenvalue weighted by Gasteiger charge is 2.20. The van der Waals surface area contributed by atoms with Gasteiger partial charge in [-0.2, -0.15) is 0 Å². The van der Waals surface area contributed by atoms with Crippen LogP contribution < -0.4 is 0 Å². The molecule has 0 radical (unpaired) electrons. The Morgan fingerprint density at radius 2 is 1.71 bits per heavy atom. The minimum Gasteiger partial charge on any atom is -0.477 e. The first-order valence-electron chi connectivity index (χ1n) is 11.0. The van der Waals surface area contributed by atoms with Crippen LogP contribution in [0.5, 0.6) is 0 Å². The Labute approximate surface area is 211 Å². The van der Waals surface area contributed by atoms with Crippen molar-refractivity contribution < 1.29 is 9.90 Å². The van der Waals surface area contributed by atoms with E-state index in [1.165, 1.54) is 0 Å². The summed E-state index contributed by atoms with van der Waals surface area (Å²) in [6, 6.07) is 25.1. The van der Waals surface area contributed by atoms with Crippen LogP contribution in [0.4, 0.5) is 0 Å². The Bertz CT molecular complexity index is 1540. The fourth-order valence-electron chi connectivity index (χ4n) is 3.97. The lowest BCUT2D eigenvalue weighted by Crippen LogP contribution is -2.02. The molecule has 2 aromatic heterocycles. The number of halogens is 1. The Morgan fingerprint density at radius 3 is 2.43 bits per heavy atom. The van der Waals surface area contributed by atoms with E-state index in [0.717, 1.165) is 45.0 Å². The third-order valence-electron chi connectivity index (χ3n) is 5.63. The maximum atomic E-state index is 12.4. The van der Waals surface area contributed by atoms with Gasteiger partial charge in [0.1, 0.15) is 4.91 Å². The summed E-state index contributed by atoms with van der Waals surface area (Å²) in [5.74, 6) is -0.369. The number of aromatic amines is 1. The predicted molar refractivity (Wildman–Crippen MR) is 141 cm³/mol. The van der Waals surface area contributed by atoms with Crippen LogP contribution >= 0.6 is 23.4 Å². The van der Waals surface area contributed by atoms with Gasteiger partial charge in [-0.15, -0.1) is 10.2 Å². The highest BCUT2D eigenvalue weighted by Crippen LogP contribution is 2.36. The second-order valence-electron chi connectivity index (χ2n) is 7.80. The van der Waals surface area contributed by atoms with Crippen LogP contribution in [0.2, 0.25) is 5.02 Å². The number of benzene rings is 3. The summed E-state index contributed by atoms with van der Waals surface area (Å²) < 4.78 is 1.90. The molecule has 0 spiro atoms. The summed E-state index contributed by atoms with van der Waals surface area (Å²) in [7, 11) is 0. The van der Waals surface area contributed by atoms with E-state index in [4.69, 9.17) is 11.6 Å². The highest BCUT2D eigenvalue weighted by molar-refractivity contribution is 8.04. The summed E-state index contributed by atoms with van der Waals surface area (Å²) >= 11 is 7.11. The van der Waals surface area contributed by atoms with Crippen molar-refractivity contribution >= 4 is 46.3 Å². The molecular formula is C27H21ClN4O2S. The first-order valence-corrected chi connectivity index (χ1v) is 12.2. The maximum Gasteiger partial charge on any atom is 0.342 e. The number of carboxylic acid groups (broad SMARTS) is 1. The summed E-state index contributed by atoms with van der Waals surface area (Å²) in [4.78, 5) is 16.0. The number of rotatable bonds is 7. The maximum absolute atomic E-state index is 12.4. The zero-order valence-corrected chi connectivity index (χ0v) is 20.3. The molecule has 0 unspecified atom stereocenters. The van der Waals surface area contributed by atoms with E-state index >= 15 is 0 Å². The molecule has 0 saturated carbocycles. The number of hydrogen-bond donors (Lipinski definition) is 2. The van der Waals surface area contributed by atoms with Crippen LogP contribution in [-0.2, 0) is 11.3 Å². The molecule has 0 fully saturated rings. The lowest BCUT2D eigenvalue weighted by Gasteiger charge is -2.08. The molecule has 2 N–H and O–H groups in total. The molecule has 8 heteroatoms. The van der Waals surface area contributed by atoms with Gasteiger partial charge >= 0.3 is 5.97 Å². The SMILES string of the molecule is CCn1c(S/C(=C\c2c(-c3ccccc3)[nH]c3ccccc23)C(=O)O)nnc1-c1ccc(Cl)cc1. The predicted octanol–water partition coefficient (Wildman–Crippen LogP) is 6.98. The van der Waals surface area contributed by atoms with Crippen LogP contribution in [0.15, 0.2) is 88.9 Å². The average molecular weight is 501 g/mol. The lowest BCUT2D eigenvalue weighted by molar-refractivity contribution is -0.131. The Hall–Kier alpha value is -3.81. The zero-order chi connectivity index (χ0) is 24.4. The molecule has 0 bridgehead atoms. The number of fused-ring (bicyclic) bond motifs is 1. The van der Waals surface area contributed by atoms with Gasteiger partial charge in [0.05, 0.1) is 5.69 Å². The number of aliphatic carboxylic acids is 1. The average Bonchev–Trinajstić information content (AvgIpc) is 3.46. The Morgan fingerprint density at radius 1 is 1.00 bits per heavy atom. The number of nitrogens with zero attached hydrogens (tertiary/aromatic N) is 3. The molecule has 5 rings (SSSR count). The van der Waals surface area contributed by atoms with Gasteiger partial charge in [0.2, 0.25) is 0 Å². The number of nitrogens with one attached hydrogen (secondary N) is 1. The molecular weight excluding hydrogens is 480 g/mol. The quantitative estimate of drug-likeness (QED) is 0.186. The van der Waals surface area contributed by atoms with Crippen LogP contribution in [-0.4, -0.2) is 30.8 Å². The van der Waals surface area contributed by atoms with Gasteiger partial charge in [-0.05, 0) is 60.7 Å². The molecule has 0 aliphatic rings. The summed E-state index contributed by atoms with van der Waals surface area (Å²) in [5, 5.41) is 20.8. The van der Waals surface area contributed by atoms with Gasteiger partial charge in [-0.3, -0.25) is 0 Å². The molecule has 6 nitrogen and oxygen atoms in total. The van der Waals surface area contributed by atoms with Crippen molar-refractivity contribution in [1.82, 2.24) is 19.7 Å². The van der Waals surface area contributed by atoms with E-state index in [2.05, 4.69) is 15.2 Å². The van der Waals surface area contributed by atoms with Crippen molar-refractivity contribution in [2.75, 3.05) is 0 Å². The second-order valence-corrected chi connectivity index (χ2v) is 9.24. The topological polar surface area (TPSA) is 83.8 Å². The first kappa shape index (κ1) is 23.0. The molecule has 35 heavy (non-hydrogen) atoms. The number of hydrogen-bond acceptors (Lipinski definition) is 4. The van der Waals surface area contributed by atoms with E-state index in [-0.39, 0.29) is 4.91 Å². The summed E-state index contributed by atoms with van der Waals surface area (Å²) in [6.07, 6.45) is 1.71. The number of carboxylic acids is 1. The zero-order valence-electron chi connectivity index (χ0n) is 18.8. The molecule has 174 valence electrons. The molecule has 2 heterocycles. The van der Waals surface area contributed by atoms with Gasteiger partial charge in [0, 0.05) is 33.6 Å². The molecule has 0 saturated heterocycles. The third kappa shape index (κ3) is 4.60. The van der Waals surface area contributed by atoms with Crippen molar-refractivity contribution in [2.45, 2.75) is 18.6 Å². The second kappa shape index (κ2) is 9.82. The van der Waals surface area contributed by atoms with Gasteiger partial charge < -0.3 is 14.7 Å². The van der Waals surface area contributed by atoms with Crippen LogP contribution in [0, 0.1) is 0 Å². The third-order valence-corrected chi connectivity index (χ3v) is 6.88. The van der Waals surface area contributed by atoms with Crippen LogP contribution in [0.1, 0.15) is 12.5 Å². The number of H-pyrrole nitrogens is 1. The van der Waals surface area contributed by atoms with E-state index in [0.29, 0.717) is 22.5 Å². The van der Waals surface area contributed by atoms with Gasteiger partial charge in [-0.1, -0.05) is 60.1 Å². The van der Waals surface area contributed by atoms with E-state index in [1.807, 2.05) is 78.2 Å². The van der Waals surface area contributed by atoms with E-state index in [1.54, 1.807) is 18.2 Å². The number of carbonyl (C=O) groups is 1. The van der Waals surface area contributed by atoms with Gasteiger partial charge in [0.15, 0.2) is 11.0 Å². The van der Waals surface area contributed by atoms with Crippen LogP contribution in [0.3, 0.4) is 0 Å². The molecule has 5 aromatic rings. The largest absolute Gasteiger partial charge is 0.477 e. The first-order chi connectivity index (χ1) is 17.0. The molecule has 3 aromatic carbocycles. The highest BCUT2D eigenvalue weighted by atomic mass is 35.5. The van der Waals surface area contributed by atoms with Crippen molar-refractivity contribution in [3.05, 3.63) is 94.4 Å². The molecule has 0 aliphatic heterocycles. The van der Waals surface area contributed by atoms with Crippen molar-refractivity contribution in [3.63, 3.8) is 0 Å². The van der Waals surface area contributed by atoms with Crippen LogP contribution in [0.25, 0.3) is 39.6 Å². The number of para-hydroxylation sites is 1. The number of thioether (sulfide) groups is 1. The summed E-state index contributed by atoms with van der Waals surface area (Å²) in [5.41, 5.74) is 4.46. The fraction of sp³-hybridized carbons (Fsp3) is 0.0741. The molecule has 0 amide bonds. The van der Waals surface area contributed by atoms with Crippen molar-refractivity contribution in [1.29, 1.82) is 0 Å². The van der Waals surface area contributed by atoms with Gasteiger partial charge in [-0.25, -0.2) is 4.79 Å². The van der Waals surface area contributed by atoms with E-state index in [9.17, 15) is 9.90 Å². The molecule has 0 aliphatic carbocycles. The summed E-state index contributed by atoms with van der Waals surface area (Å²) in [6.45, 7) is 2.56. The minimum absolute atomic E-state index is 0.150. The lowest BCUT2D eigenvalue weighted by atomic mass is 10.0.